The second kappa shape index (κ2) is 5.99. The van der Waals surface area contributed by atoms with E-state index >= 15 is 0 Å². The topological polar surface area (TPSA) is 42.0 Å². The number of carbonyl (C=O) groups is 1. The van der Waals surface area contributed by atoms with Gasteiger partial charge in [-0.3, -0.25) is 4.79 Å². The number of thiazole rings is 1. The average molecular weight is 393 g/mol. The molecular weight excluding hydrogens is 383 g/mol. The molecule has 1 amide bonds. The maximum absolute atomic E-state index is 12.0. The lowest BCUT2D eigenvalue weighted by molar-refractivity contribution is 0.0954. The predicted octanol–water partition coefficient (Wildman–Crippen LogP) is 3.64. The molecule has 3 nitrogen and oxygen atoms in total. The molecule has 0 aliphatic rings. The lowest BCUT2D eigenvalue weighted by atomic mass is 10.2. The first-order valence-corrected chi connectivity index (χ1v) is 7.49. The second-order valence-electron chi connectivity index (χ2n) is 3.69. The van der Waals surface area contributed by atoms with E-state index < -0.39 is 0 Å². The lowest BCUT2D eigenvalue weighted by Gasteiger charge is -2.04. The highest BCUT2D eigenvalue weighted by Crippen LogP contribution is 2.19. The first kappa shape index (κ1) is 13.8. The van der Waals surface area contributed by atoms with Gasteiger partial charge >= 0.3 is 0 Å². The molecular formula is C12H10ClIN2OS. The Kier molecular flexibility index (Phi) is 4.58. The van der Waals surface area contributed by atoms with E-state index in [9.17, 15) is 4.79 Å². The predicted molar refractivity (Wildman–Crippen MR) is 82.2 cm³/mol. The minimum Gasteiger partial charge on any atom is -0.347 e. The number of benzene rings is 1. The molecule has 0 atom stereocenters. The van der Waals surface area contributed by atoms with Gasteiger partial charge in [0.05, 0.1) is 5.69 Å². The van der Waals surface area contributed by atoms with Crippen LogP contribution in [0.15, 0.2) is 24.3 Å². The summed E-state index contributed by atoms with van der Waals surface area (Å²) >= 11 is 9.40. The van der Waals surface area contributed by atoms with Gasteiger partial charge in [0.1, 0.15) is 4.88 Å². The van der Waals surface area contributed by atoms with Gasteiger partial charge in [0.15, 0.2) is 3.01 Å². The van der Waals surface area contributed by atoms with Gasteiger partial charge in [-0.1, -0.05) is 23.7 Å². The van der Waals surface area contributed by atoms with Crippen molar-refractivity contribution in [3.8, 4) is 0 Å². The van der Waals surface area contributed by atoms with Crippen LogP contribution in [0.2, 0.25) is 5.02 Å². The summed E-state index contributed by atoms with van der Waals surface area (Å²) in [5.74, 6) is -0.0899. The molecule has 1 aromatic heterocycles. The van der Waals surface area contributed by atoms with E-state index in [0.29, 0.717) is 16.4 Å². The average Bonchev–Trinajstić information content (AvgIpc) is 2.66. The van der Waals surface area contributed by atoms with Crippen molar-refractivity contribution in [1.82, 2.24) is 10.3 Å². The highest BCUT2D eigenvalue weighted by atomic mass is 127. The number of hydrogen-bond donors (Lipinski definition) is 1. The Hall–Kier alpha value is -0.660. The number of halogens is 2. The fourth-order valence-corrected chi connectivity index (χ4v) is 3.43. The number of carbonyl (C=O) groups excluding carboxylic acids is 1. The summed E-state index contributed by atoms with van der Waals surface area (Å²) in [6.45, 7) is 2.31. The molecule has 0 radical (unpaired) electrons. The summed E-state index contributed by atoms with van der Waals surface area (Å²) in [4.78, 5) is 16.9. The number of aryl methyl sites for hydroxylation is 1. The Morgan fingerprint density at radius 3 is 2.94 bits per heavy atom. The highest BCUT2D eigenvalue weighted by Gasteiger charge is 2.13. The summed E-state index contributed by atoms with van der Waals surface area (Å²) in [6, 6.07) is 7.44. The third-order valence-corrected chi connectivity index (χ3v) is 4.40. The Labute approximate surface area is 128 Å². The van der Waals surface area contributed by atoms with Crippen molar-refractivity contribution < 1.29 is 4.79 Å². The summed E-state index contributed by atoms with van der Waals surface area (Å²) in [6.07, 6.45) is 0. The minimum absolute atomic E-state index is 0.0899. The van der Waals surface area contributed by atoms with Crippen LogP contribution in [0.4, 0.5) is 0 Å². The maximum atomic E-state index is 12.0. The fraction of sp³-hybridized carbons (Fsp3) is 0.167. The zero-order valence-electron chi connectivity index (χ0n) is 9.54. The Balaban J connectivity index is 2.03. The van der Waals surface area contributed by atoms with Crippen LogP contribution in [0.25, 0.3) is 0 Å². The zero-order chi connectivity index (χ0) is 13.1. The molecule has 0 saturated heterocycles. The van der Waals surface area contributed by atoms with E-state index in [1.54, 1.807) is 0 Å². The van der Waals surface area contributed by atoms with Crippen LogP contribution in [0.5, 0.6) is 0 Å². The SMILES string of the molecule is Cc1nc(I)sc1C(=O)NCc1cccc(Cl)c1. The molecule has 6 heteroatoms. The van der Waals surface area contributed by atoms with Gasteiger partial charge in [0.2, 0.25) is 0 Å². The lowest BCUT2D eigenvalue weighted by Crippen LogP contribution is -2.22. The van der Waals surface area contributed by atoms with Crippen LogP contribution in [0, 0.1) is 9.94 Å². The molecule has 0 fully saturated rings. The smallest absolute Gasteiger partial charge is 0.263 e. The Bertz CT molecular complexity index is 585. The maximum Gasteiger partial charge on any atom is 0.263 e. The van der Waals surface area contributed by atoms with Crippen LogP contribution in [-0.2, 0) is 6.54 Å². The van der Waals surface area contributed by atoms with Crippen LogP contribution < -0.4 is 5.32 Å². The van der Waals surface area contributed by atoms with Gasteiger partial charge in [0, 0.05) is 11.6 Å². The molecule has 1 heterocycles. The molecule has 0 unspecified atom stereocenters. The molecule has 2 rings (SSSR count). The molecule has 0 spiro atoms. The number of hydrogen-bond acceptors (Lipinski definition) is 3. The highest BCUT2D eigenvalue weighted by molar-refractivity contribution is 14.1. The standard InChI is InChI=1S/C12H10ClIN2OS/c1-7-10(18-12(14)16-7)11(17)15-6-8-3-2-4-9(13)5-8/h2-5H,6H2,1H3,(H,15,17). The van der Waals surface area contributed by atoms with Gasteiger partial charge in [-0.25, -0.2) is 4.98 Å². The van der Waals surface area contributed by atoms with Crippen molar-refractivity contribution in [3.63, 3.8) is 0 Å². The quantitative estimate of drug-likeness (QED) is 0.810. The molecule has 18 heavy (non-hydrogen) atoms. The molecule has 0 aliphatic heterocycles. The summed E-state index contributed by atoms with van der Waals surface area (Å²) in [5.41, 5.74) is 1.75. The van der Waals surface area contributed by atoms with E-state index in [1.807, 2.05) is 31.2 Å². The molecule has 0 bridgehead atoms. The third-order valence-electron chi connectivity index (χ3n) is 2.32. The van der Waals surface area contributed by atoms with Crippen molar-refractivity contribution in [3.05, 3.63) is 48.4 Å². The number of nitrogens with zero attached hydrogens (tertiary/aromatic N) is 1. The van der Waals surface area contributed by atoms with Crippen LogP contribution in [0.1, 0.15) is 20.9 Å². The van der Waals surface area contributed by atoms with Crippen LogP contribution in [-0.4, -0.2) is 10.9 Å². The van der Waals surface area contributed by atoms with Crippen molar-refractivity contribution in [1.29, 1.82) is 0 Å². The van der Waals surface area contributed by atoms with Crippen molar-refractivity contribution in [2.24, 2.45) is 0 Å². The zero-order valence-corrected chi connectivity index (χ0v) is 13.3. The number of nitrogens with one attached hydrogen (secondary N) is 1. The monoisotopic (exact) mass is 392 g/mol. The summed E-state index contributed by atoms with van der Waals surface area (Å²) in [5, 5.41) is 3.54. The molecule has 1 N–H and O–H groups in total. The van der Waals surface area contributed by atoms with Crippen molar-refractivity contribution in [2.75, 3.05) is 0 Å². The van der Waals surface area contributed by atoms with Crippen molar-refractivity contribution >= 4 is 51.4 Å². The van der Waals surface area contributed by atoms with Gasteiger partial charge < -0.3 is 5.32 Å². The van der Waals surface area contributed by atoms with Gasteiger partial charge in [-0.05, 0) is 47.2 Å². The Morgan fingerprint density at radius 2 is 2.33 bits per heavy atom. The van der Waals surface area contributed by atoms with E-state index in [2.05, 4.69) is 32.9 Å². The van der Waals surface area contributed by atoms with E-state index in [0.717, 1.165) is 14.3 Å². The number of rotatable bonds is 3. The van der Waals surface area contributed by atoms with E-state index in [-0.39, 0.29) is 5.91 Å². The molecule has 0 saturated carbocycles. The first-order chi connectivity index (χ1) is 8.56. The Morgan fingerprint density at radius 1 is 1.56 bits per heavy atom. The van der Waals surface area contributed by atoms with Crippen LogP contribution in [0.3, 0.4) is 0 Å². The number of aromatic nitrogens is 1. The molecule has 1 aromatic carbocycles. The third kappa shape index (κ3) is 3.43. The minimum atomic E-state index is -0.0899. The van der Waals surface area contributed by atoms with Crippen LogP contribution >= 0.6 is 45.5 Å². The molecule has 94 valence electrons. The van der Waals surface area contributed by atoms with E-state index in [4.69, 9.17) is 11.6 Å². The van der Waals surface area contributed by atoms with E-state index in [1.165, 1.54) is 11.3 Å². The first-order valence-electron chi connectivity index (χ1n) is 5.22. The summed E-state index contributed by atoms with van der Waals surface area (Å²) in [7, 11) is 0. The fourth-order valence-electron chi connectivity index (χ4n) is 1.48. The summed E-state index contributed by atoms with van der Waals surface area (Å²) < 4.78 is 0.873. The molecule has 0 aliphatic carbocycles. The van der Waals surface area contributed by atoms with Gasteiger partial charge in [0.25, 0.3) is 5.91 Å². The second-order valence-corrected chi connectivity index (χ2v) is 6.88. The van der Waals surface area contributed by atoms with Gasteiger partial charge in [-0.2, -0.15) is 0 Å². The number of amides is 1. The van der Waals surface area contributed by atoms with Crippen molar-refractivity contribution in [2.45, 2.75) is 13.5 Å². The van der Waals surface area contributed by atoms with Gasteiger partial charge in [-0.15, -0.1) is 11.3 Å². The normalized spacial score (nSPS) is 10.4. The largest absolute Gasteiger partial charge is 0.347 e. The molecule has 2 aromatic rings.